The highest BCUT2D eigenvalue weighted by Gasteiger charge is 2.17. The van der Waals surface area contributed by atoms with Crippen LogP contribution in [0.2, 0.25) is 0 Å². The molecule has 130 valence electrons. The zero-order chi connectivity index (χ0) is 18.1. The molecule has 3 rings (SSSR count). The van der Waals surface area contributed by atoms with Gasteiger partial charge in [-0.2, -0.15) is 0 Å². The maximum absolute atomic E-state index is 12.0. The first-order valence-corrected chi connectivity index (χ1v) is 8.13. The van der Waals surface area contributed by atoms with Crippen LogP contribution in [0.3, 0.4) is 0 Å². The third-order valence-electron chi connectivity index (χ3n) is 4.26. The Morgan fingerprint density at radius 2 is 1.84 bits per heavy atom. The Hall–Kier alpha value is -2.79. The van der Waals surface area contributed by atoms with Crippen LogP contribution < -0.4 is 15.3 Å². The van der Waals surface area contributed by atoms with E-state index in [-0.39, 0.29) is 5.75 Å². The van der Waals surface area contributed by atoms with Gasteiger partial charge in [-0.25, -0.2) is 4.79 Å². The molecule has 3 aromatic rings. The summed E-state index contributed by atoms with van der Waals surface area (Å²) >= 11 is 0. The molecule has 2 N–H and O–H groups in total. The first-order valence-electron chi connectivity index (χ1n) is 8.13. The summed E-state index contributed by atoms with van der Waals surface area (Å²) in [6.07, 6.45) is 0. The van der Waals surface area contributed by atoms with Gasteiger partial charge in [-0.15, -0.1) is 0 Å². The van der Waals surface area contributed by atoms with Gasteiger partial charge in [0.15, 0.2) is 0 Å². The summed E-state index contributed by atoms with van der Waals surface area (Å²) in [5, 5.41) is 11.3. The number of nitrogens with one attached hydrogen (secondary N) is 1. The second-order valence-electron chi connectivity index (χ2n) is 6.48. The third kappa shape index (κ3) is 3.23. The Kier molecular flexibility index (Phi) is 4.51. The molecule has 0 aliphatic carbocycles. The molecule has 0 spiro atoms. The Morgan fingerprint density at radius 3 is 2.44 bits per heavy atom. The first kappa shape index (κ1) is 17.0. The van der Waals surface area contributed by atoms with Gasteiger partial charge in [-0.3, -0.25) is 0 Å². The van der Waals surface area contributed by atoms with Crippen molar-refractivity contribution in [3.05, 3.63) is 57.9 Å². The highest BCUT2D eigenvalue weighted by atomic mass is 16.5. The van der Waals surface area contributed by atoms with Crippen LogP contribution in [0.1, 0.15) is 11.1 Å². The van der Waals surface area contributed by atoms with Crippen molar-refractivity contribution in [3.8, 4) is 22.6 Å². The monoisotopic (exact) mass is 340 g/mol. The average molecular weight is 340 g/mol. The second kappa shape index (κ2) is 6.61. The molecule has 0 saturated carbocycles. The minimum Gasteiger partial charge on any atom is -0.507 e. The number of hydrogen-bond donors (Lipinski definition) is 2. The Morgan fingerprint density at radius 1 is 1.16 bits per heavy atom. The topological polar surface area (TPSA) is 64.1 Å². The normalized spacial score (nSPS) is 11.2. The maximum atomic E-state index is 12.0. The molecular weight excluding hydrogens is 318 g/mol. The molecule has 5 heteroatoms. The summed E-state index contributed by atoms with van der Waals surface area (Å²) in [6.45, 7) is 2.44. The molecule has 0 aliphatic rings. The lowest BCUT2D eigenvalue weighted by molar-refractivity contribution is -0.872. The number of ether oxygens (including phenoxy) is 1. The van der Waals surface area contributed by atoms with Crippen molar-refractivity contribution >= 4 is 11.0 Å². The Labute approximate surface area is 146 Å². The molecule has 0 bridgehead atoms. The van der Waals surface area contributed by atoms with Crippen LogP contribution in [0.5, 0.6) is 11.5 Å². The number of aryl methyl sites for hydroxylation is 1. The number of benzene rings is 2. The van der Waals surface area contributed by atoms with Gasteiger partial charge in [0.05, 0.1) is 21.2 Å². The van der Waals surface area contributed by atoms with Gasteiger partial charge in [-0.05, 0) is 36.2 Å². The van der Waals surface area contributed by atoms with E-state index in [4.69, 9.17) is 9.15 Å². The molecule has 0 fully saturated rings. The van der Waals surface area contributed by atoms with Crippen molar-refractivity contribution < 1.29 is 19.2 Å². The molecule has 0 saturated heterocycles. The van der Waals surface area contributed by atoms with Gasteiger partial charge in [-0.1, -0.05) is 12.1 Å². The standard InChI is InChI=1S/C20H21NO4/c1-12-19(23)14(11-21(2)3)9-17-16(10-18(22)25-20(12)17)13-5-7-15(24-4)8-6-13/h5-10,23H,11H2,1-4H3/p+1. The van der Waals surface area contributed by atoms with Crippen LogP contribution in [-0.2, 0) is 6.54 Å². The van der Waals surface area contributed by atoms with E-state index < -0.39 is 5.63 Å². The van der Waals surface area contributed by atoms with Gasteiger partial charge in [0.2, 0.25) is 0 Å². The van der Waals surface area contributed by atoms with Crippen LogP contribution >= 0.6 is 0 Å². The SMILES string of the molecule is COc1ccc(-c2cc(=O)oc3c(C)c(O)c(C[NH+](C)C)cc23)cc1. The summed E-state index contributed by atoms with van der Waals surface area (Å²) in [4.78, 5) is 13.2. The quantitative estimate of drug-likeness (QED) is 0.714. The van der Waals surface area contributed by atoms with E-state index in [1.165, 1.54) is 11.0 Å². The minimum atomic E-state index is -0.438. The number of phenolic OH excluding ortho intramolecular Hbond substituents is 1. The van der Waals surface area contributed by atoms with Gasteiger partial charge in [0.25, 0.3) is 0 Å². The van der Waals surface area contributed by atoms with Gasteiger partial charge in [0, 0.05) is 22.6 Å². The van der Waals surface area contributed by atoms with Crippen molar-refractivity contribution in [2.75, 3.05) is 21.2 Å². The highest BCUT2D eigenvalue weighted by molar-refractivity contribution is 5.96. The lowest BCUT2D eigenvalue weighted by Crippen LogP contribution is -3.04. The lowest BCUT2D eigenvalue weighted by atomic mass is 9.97. The maximum Gasteiger partial charge on any atom is 0.336 e. The smallest absolute Gasteiger partial charge is 0.336 e. The van der Waals surface area contributed by atoms with Crippen LogP contribution in [0.25, 0.3) is 22.1 Å². The predicted octanol–water partition coefficient (Wildman–Crippen LogP) is 2.13. The van der Waals surface area contributed by atoms with Crippen molar-refractivity contribution in [3.63, 3.8) is 0 Å². The van der Waals surface area contributed by atoms with Crippen molar-refractivity contribution in [1.82, 2.24) is 0 Å². The summed E-state index contributed by atoms with van der Waals surface area (Å²) in [5.41, 5.74) is 3.08. The van der Waals surface area contributed by atoms with Crippen LogP contribution in [0, 0.1) is 6.92 Å². The van der Waals surface area contributed by atoms with E-state index in [0.717, 1.165) is 27.8 Å². The summed E-state index contributed by atoms with van der Waals surface area (Å²) in [5.74, 6) is 0.936. The molecule has 0 aliphatic heterocycles. The largest absolute Gasteiger partial charge is 0.507 e. The summed E-state index contributed by atoms with van der Waals surface area (Å²) in [7, 11) is 5.66. The number of fused-ring (bicyclic) bond motifs is 1. The number of quaternary nitrogens is 1. The molecule has 0 radical (unpaired) electrons. The highest BCUT2D eigenvalue weighted by Crippen LogP contribution is 2.35. The van der Waals surface area contributed by atoms with Gasteiger partial charge >= 0.3 is 5.63 Å². The van der Waals surface area contributed by atoms with Crippen molar-refractivity contribution in [2.45, 2.75) is 13.5 Å². The molecule has 1 aromatic heterocycles. The van der Waals surface area contributed by atoms with E-state index in [9.17, 15) is 9.90 Å². The van der Waals surface area contributed by atoms with Crippen molar-refractivity contribution in [2.24, 2.45) is 0 Å². The van der Waals surface area contributed by atoms with E-state index in [1.54, 1.807) is 14.0 Å². The number of aromatic hydroxyl groups is 1. The number of phenols is 1. The Balaban J connectivity index is 2.30. The zero-order valence-electron chi connectivity index (χ0n) is 14.8. The van der Waals surface area contributed by atoms with Gasteiger partial charge in [0.1, 0.15) is 23.6 Å². The molecule has 25 heavy (non-hydrogen) atoms. The number of rotatable bonds is 4. The predicted molar refractivity (Wildman–Crippen MR) is 97.4 cm³/mol. The number of hydrogen-bond acceptors (Lipinski definition) is 4. The molecular formula is C20H22NO4+. The molecule has 2 aromatic carbocycles. The van der Waals surface area contributed by atoms with Gasteiger partial charge < -0.3 is 19.2 Å². The molecule has 0 unspecified atom stereocenters. The summed E-state index contributed by atoms with van der Waals surface area (Å²) < 4.78 is 10.6. The average Bonchev–Trinajstić information content (AvgIpc) is 2.59. The zero-order valence-corrected chi connectivity index (χ0v) is 14.8. The van der Waals surface area contributed by atoms with Crippen LogP contribution in [-0.4, -0.2) is 26.3 Å². The fourth-order valence-electron chi connectivity index (χ4n) is 3.04. The van der Waals surface area contributed by atoms with Crippen LogP contribution in [0.4, 0.5) is 0 Å². The molecule has 5 nitrogen and oxygen atoms in total. The van der Waals surface area contributed by atoms with Crippen molar-refractivity contribution in [1.29, 1.82) is 0 Å². The lowest BCUT2D eigenvalue weighted by Gasteiger charge is -2.14. The van der Waals surface area contributed by atoms with Crippen LogP contribution in [0.15, 0.2) is 45.6 Å². The molecule has 0 amide bonds. The van der Waals surface area contributed by atoms with E-state index in [0.29, 0.717) is 17.7 Å². The fraction of sp³-hybridized carbons (Fsp3) is 0.250. The summed E-state index contributed by atoms with van der Waals surface area (Å²) in [6, 6.07) is 10.9. The molecule has 0 atom stereocenters. The Bertz CT molecular complexity index is 972. The number of methoxy groups -OCH3 is 1. The third-order valence-corrected chi connectivity index (χ3v) is 4.26. The second-order valence-corrected chi connectivity index (χ2v) is 6.48. The van der Waals surface area contributed by atoms with E-state index in [1.807, 2.05) is 44.4 Å². The fourth-order valence-corrected chi connectivity index (χ4v) is 3.04. The van der Waals surface area contributed by atoms with E-state index >= 15 is 0 Å². The van der Waals surface area contributed by atoms with E-state index in [2.05, 4.69) is 0 Å². The first-order chi connectivity index (χ1) is 11.9. The molecule has 1 heterocycles. The minimum absolute atomic E-state index is 0.184.